The molecule has 1 N–H and O–H groups in total. The van der Waals surface area contributed by atoms with Crippen molar-refractivity contribution in [1.82, 2.24) is 15.3 Å². The Morgan fingerprint density at radius 1 is 1.07 bits per heavy atom. The standard InChI is InChI=1S/C21H20BrN3O3S/c1-27-10-11-28-19-8-6-15(12-23-19)13-25-21(26)17-4-2-3-5-18(17)29-20-9-7-16(22)14-24-20/h2-9,12,14H,10-11,13H2,1H3,(H,25,26). The number of carbonyl (C=O) groups is 1. The normalized spacial score (nSPS) is 10.6. The topological polar surface area (TPSA) is 73.3 Å². The molecule has 8 heteroatoms. The molecule has 0 bridgehead atoms. The molecular formula is C21H20BrN3O3S. The highest BCUT2D eigenvalue weighted by atomic mass is 79.9. The molecule has 0 radical (unpaired) electrons. The molecule has 150 valence electrons. The SMILES string of the molecule is COCCOc1ccc(CNC(=O)c2ccccc2Sc2ccc(Br)cn2)cn1. The van der Waals surface area contributed by atoms with Crippen molar-refractivity contribution in [2.24, 2.45) is 0 Å². The molecular weight excluding hydrogens is 454 g/mol. The lowest BCUT2D eigenvalue weighted by atomic mass is 10.2. The molecule has 0 spiro atoms. The van der Waals surface area contributed by atoms with Crippen molar-refractivity contribution >= 4 is 33.6 Å². The molecule has 3 aromatic rings. The Morgan fingerprint density at radius 2 is 1.93 bits per heavy atom. The minimum Gasteiger partial charge on any atom is -0.475 e. The Labute approximate surface area is 182 Å². The van der Waals surface area contributed by atoms with Gasteiger partial charge in [-0.2, -0.15) is 0 Å². The van der Waals surface area contributed by atoms with Crippen LogP contribution in [0.5, 0.6) is 5.88 Å². The largest absolute Gasteiger partial charge is 0.475 e. The molecule has 3 rings (SSSR count). The summed E-state index contributed by atoms with van der Waals surface area (Å²) in [4.78, 5) is 22.2. The van der Waals surface area contributed by atoms with Crippen molar-refractivity contribution in [3.05, 3.63) is 76.5 Å². The van der Waals surface area contributed by atoms with Crippen molar-refractivity contribution < 1.29 is 14.3 Å². The number of halogens is 1. The second-order valence-electron chi connectivity index (χ2n) is 5.94. The lowest BCUT2D eigenvalue weighted by Crippen LogP contribution is -2.23. The zero-order valence-corrected chi connectivity index (χ0v) is 18.2. The molecule has 0 saturated carbocycles. The number of ether oxygens (including phenoxy) is 2. The van der Waals surface area contributed by atoms with Crippen LogP contribution in [0.4, 0.5) is 0 Å². The zero-order chi connectivity index (χ0) is 20.5. The van der Waals surface area contributed by atoms with Gasteiger partial charge < -0.3 is 14.8 Å². The van der Waals surface area contributed by atoms with Crippen molar-refractivity contribution in [1.29, 1.82) is 0 Å². The summed E-state index contributed by atoms with van der Waals surface area (Å²) in [5.74, 6) is 0.381. The number of hydrogen-bond donors (Lipinski definition) is 1. The van der Waals surface area contributed by atoms with Gasteiger partial charge in [-0.1, -0.05) is 30.0 Å². The van der Waals surface area contributed by atoms with Crippen molar-refractivity contribution in [3.63, 3.8) is 0 Å². The summed E-state index contributed by atoms with van der Waals surface area (Å²) in [5, 5.41) is 3.76. The predicted octanol–water partition coefficient (Wildman–Crippen LogP) is 4.35. The van der Waals surface area contributed by atoms with Gasteiger partial charge in [0.1, 0.15) is 11.6 Å². The first-order chi connectivity index (χ1) is 14.2. The van der Waals surface area contributed by atoms with Crippen LogP contribution in [0.15, 0.2) is 75.3 Å². The second kappa shape index (κ2) is 10.9. The Kier molecular flexibility index (Phi) is 8.03. The van der Waals surface area contributed by atoms with Gasteiger partial charge in [0.05, 0.1) is 12.2 Å². The summed E-state index contributed by atoms with van der Waals surface area (Å²) in [5.41, 5.74) is 1.49. The first kappa shape index (κ1) is 21.3. The molecule has 0 aliphatic heterocycles. The van der Waals surface area contributed by atoms with E-state index in [2.05, 4.69) is 31.2 Å². The third-order valence-corrected chi connectivity index (χ3v) is 5.33. The van der Waals surface area contributed by atoms with E-state index in [0.29, 0.717) is 31.2 Å². The number of nitrogens with one attached hydrogen (secondary N) is 1. The number of rotatable bonds is 9. The first-order valence-electron chi connectivity index (χ1n) is 8.89. The summed E-state index contributed by atoms with van der Waals surface area (Å²) in [7, 11) is 1.62. The van der Waals surface area contributed by atoms with Gasteiger partial charge in [-0.3, -0.25) is 4.79 Å². The van der Waals surface area contributed by atoms with E-state index < -0.39 is 0 Å². The maximum Gasteiger partial charge on any atom is 0.252 e. The average Bonchev–Trinajstić information content (AvgIpc) is 2.75. The fourth-order valence-electron chi connectivity index (χ4n) is 2.39. The van der Waals surface area contributed by atoms with Gasteiger partial charge in [-0.15, -0.1) is 0 Å². The van der Waals surface area contributed by atoms with E-state index in [1.54, 1.807) is 25.6 Å². The smallest absolute Gasteiger partial charge is 0.252 e. The van der Waals surface area contributed by atoms with Gasteiger partial charge in [-0.05, 0) is 45.8 Å². The van der Waals surface area contributed by atoms with Crippen LogP contribution in [0.3, 0.4) is 0 Å². The second-order valence-corrected chi connectivity index (χ2v) is 7.92. The Morgan fingerprint density at radius 3 is 2.66 bits per heavy atom. The monoisotopic (exact) mass is 473 g/mol. The van der Waals surface area contributed by atoms with Gasteiger partial charge >= 0.3 is 0 Å². The quantitative estimate of drug-likeness (QED) is 0.465. The molecule has 0 fully saturated rings. The van der Waals surface area contributed by atoms with E-state index in [1.165, 1.54) is 11.8 Å². The maximum absolute atomic E-state index is 12.7. The number of carbonyl (C=O) groups excluding carboxylic acids is 1. The van der Waals surface area contributed by atoms with Gasteiger partial charge in [0.25, 0.3) is 5.91 Å². The van der Waals surface area contributed by atoms with Gasteiger partial charge in [0, 0.05) is 41.5 Å². The first-order valence-corrected chi connectivity index (χ1v) is 10.5. The van der Waals surface area contributed by atoms with Crippen molar-refractivity contribution in [2.75, 3.05) is 20.3 Å². The number of aromatic nitrogens is 2. The van der Waals surface area contributed by atoms with E-state index in [9.17, 15) is 4.79 Å². The molecule has 2 aromatic heterocycles. The summed E-state index contributed by atoms with van der Waals surface area (Å²) < 4.78 is 11.3. The summed E-state index contributed by atoms with van der Waals surface area (Å²) in [6.45, 7) is 1.33. The van der Waals surface area contributed by atoms with Crippen LogP contribution in [0.2, 0.25) is 0 Å². The fraction of sp³-hybridized carbons (Fsp3) is 0.190. The van der Waals surface area contributed by atoms with Crippen LogP contribution in [0.25, 0.3) is 0 Å². The molecule has 0 atom stereocenters. The van der Waals surface area contributed by atoms with E-state index in [4.69, 9.17) is 9.47 Å². The molecule has 2 heterocycles. The van der Waals surface area contributed by atoms with Gasteiger partial charge in [0.15, 0.2) is 0 Å². The van der Waals surface area contributed by atoms with Crippen molar-refractivity contribution in [3.8, 4) is 5.88 Å². The zero-order valence-electron chi connectivity index (χ0n) is 15.8. The van der Waals surface area contributed by atoms with E-state index in [1.807, 2.05) is 42.5 Å². The van der Waals surface area contributed by atoms with E-state index in [-0.39, 0.29) is 5.91 Å². The number of methoxy groups -OCH3 is 1. The Bertz CT molecular complexity index is 937. The molecule has 6 nitrogen and oxygen atoms in total. The summed E-state index contributed by atoms with van der Waals surface area (Å²) >= 11 is 4.83. The van der Waals surface area contributed by atoms with E-state index in [0.717, 1.165) is 20.0 Å². The van der Waals surface area contributed by atoms with Crippen LogP contribution in [-0.4, -0.2) is 36.2 Å². The van der Waals surface area contributed by atoms with Gasteiger partial charge in [0.2, 0.25) is 5.88 Å². The highest BCUT2D eigenvalue weighted by Crippen LogP contribution is 2.29. The molecule has 0 unspecified atom stereocenters. The Hall–Kier alpha value is -2.42. The lowest BCUT2D eigenvalue weighted by Gasteiger charge is -2.10. The number of nitrogens with zero attached hydrogens (tertiary/aromatic N) is 2. The van der Waals surface area contributed by atoms with Crippen LogP contribution >= 0.6 is 27.7 Å². The highest BCUT2D eigenvalue weighted by Gasteiger charge is 2.12. The number of hydrogen-bond acceptors (Lipinski definition) is 6. The third kappa shape index (κ3) is 6.56. The molecule has 1 amide bonds. The molecule has 1 aromatic carbocycles. The molecule has 0 aliphatic carbocycles. The van der Waals surface area contributed by atoms with Crippen LogP contribution in [0.1, 0.15) is 15.9 Å². The average molecular weight is 474 g/mol. The van der Waals surface area contributed by atoms with Crippen LogP contribution in [0, 0.1) is 0 Å². The van der Waals surface area contributed by atoms with Crippen LogP contribution < -0.4 is 10.1 Å². The summed E-state index contributed by atoms with van der Waals surface area (Å²) in [6, 6.07) is 15.0. The molecule has 29 heavy (non-hydrogen) atoms. The minimum absolute atomic E-state index is 0.148. The number of benzene rings is 1. The number of pyridine rings is 2. The van der Waals surface area contributed by atoms with Gasteiger partial charge in [-0.25, -0.2) is 9.97 Å². The minimum atomic E-state index is -0.148. The van der Waals surface area contributed by atoms with E-state index >= 15 is 0 Å². The fourth-order valence-corrected chi connectivity index (χ4v) is 3.51. The Balaban J connectivity index is 1.60. The third-order valence-electron chi connectivity index (χ3n) is 3.83. The number of amides is 1. The molecule has 0 aliphatic rings. The predicted molar refractivity (Wildman–Crippen MR) is 115 cm³/mol. The highest BCUT2D eigenvalue weighted by molar-refractivity contribution is 9.10. The maximum atomic E-state index is 12.7. The lowest BCUT2D eigenvalue weighted by molar-refractivity contribution is 0.0948. The summed E-state index contributed by atoms with van der Waals surface area (Å²) in [6.07, 6.45) is 3.43. The molecule has 0 saturated heterocycles. The van der Waals surface area contributed by atoms with Crippen LogP contribution in [-0.2, 0) is 11.3 Å². The van der Waals surface area contributed by atoms with Crippen molar-refractivity contribution in [2.45, 2.75) is 16.5 Å².